The largest absolute Gasteiger partial charge is 0.496 e. The quantitative estimate of drug-likeness (QED) is 0.518. The molecule has 0 saturated carbocycles. The Morgan fingerprint density at radius 3 is 2.85 bits per heavy atom. The number of ether oxygens (including phenoxy) is 1. The zero-order chi connectivity index (χ0) is 14.5. The highest BCUT2D eigenvalue weighted by Crippen LogP contribution is 2.21. The number of ketones is 1. The van der Waals surface area contributed by atoms with Crippen LogP contribution in [0, 0.1) is 6.92 Å². The van der Waals surface area contributed by atoms with Crippen molar-refractivity contribution in [2.75, 3.05) is 12.9 Å². The van der Waals surface area contributed by atoms with E-state index >= 15 is 0 Å². The third-order valence-electron chi connectivity index (χ3n) is 2.60. The van der Waals surface area contributed by atoms with E-state index in [-0.39, 0.29) is 17.1 Å². The number of methoxy groups -OCH3 is 1. The summed E-state index contributed by atoms with van der Waals surface area (Å²) in [4.78, 5) is 30.2. The van der Waals surface area contributed by atoms with E-state index in [1.54, 1.807) is 25.1 Å². The van der Waals surface area contributed by atoms with Crippen LogP contribution in [0.5, 0.6) is 5.75 Å². The van der Waals surface area contributed by atoms with Gasteiger partial charge in [0.1, 0.15) is 5.75 Å². The van der Waals surface area contributed by atoms with Gasteiger partial charge in [-0.25, -0.2) is 4.98 Å². The Labute approximate surface area is 120 Å². The van der Waals surface area contributed by atoms with Gasteiger partial charge in [0, 0.05) is 11.8 Å². The van der Waals surface area contributed by atoms with Crippen molar-refractivity contribution < 1.29 is 9.53 Å². The molecule has 0 atom stereocenters. The fourth-order valence-electron chi connectivity index (χ4n) is 1.71. The standard InChI is InChI=1S/C14H14N2O3S/c1-9-7-13(18)16-14(15-9)20-8-11(17)10-5-3-4-6-12(10)19-2/h3-7H,8H2,1-2H3,(H,15,16,18). The van der Waals surface area contributed by atoms with Gasteiger partial charge in [-0.2, -0.15) is 0 Å². The van der Waals surface area contributed by atoms with E-state index in [4.69, 9.17) is 4.74 Å². The Balaban J connectivity index is 2.10. The third-order valence-corrected chi connectivity index (χ3v) is 3.47. The summed E-state index contributed by atoms with van der Waals surface area (Å²) in [6, 6.07) is 8.46. The molecule has 0 saturated heterocycles. The highest BCUT2D eigenvalue weighted by Gasteiger charge is 2.12. The van der Waals surface area contributed by atoms with Gasteiger partial charge >= 0.3 is 0 Å². The maximum Gasteiger partial charge on any atom is 0.251 e. The van der Waals surface area contributed by atoms with Crippen molar-refractivity contribution in [1.82, 2.24) is 9.97 Å². The van der Waals surface area contributed by atoms with E-state index in [2.05, 4.69) is 9.97 Å². The van der Waals surface area contributed by atoms with Crippen LogP contribution in [0.3, 0.4) is 0 Å². The molecule has 0 radical (unpaired) electrons. The normalized spacial score (nSPS) is 10.3. The van der Waals surface area contributed by atoms with Gasteiger partial charge in [0.25, 0.3) is 5.56 Å². The smallest absolute Gasteiger partial charge is 0.251 e. The number of benzene rings is 1. The number of aromatic amines is 1. The van der Waals surface area contributed by atoms with E-state index in [0.717, 1.165) is 0 Å². The Morgan fingerprint density at radius 2 is 2.15 bits per heavy atom. The number of para-hydroxylation sites is 1. The lowest BCUT2D eigenvalue weighted by molar-refractivity contribution is 0.101. The van der Waals surface area contributed by atoms with Crippen LogP contribution in [0.4, 0.5) is 0 Å². The predicted octanol–water partition coefficient (Wildman–Crippen LogP) is 2.06. The fraction of sp³-hybridized carbons (Fsp3) is 0.214. The van der Waals surface area contributed by atoms with Gasteiger partial charge in [0.2, 0.25) is 0 Å². The maximum atomic E-state index is 12.1. The van der Waals surface area contributed by atoms with Crippen molar-refractivity contribution in [3.63, 3.8) is 0 Å². The second kappa shape index (κ2) is 6.38. The van der Waals surface area contributed by atoms with Gasteiger partial charge < -0.3 is 9.72 Å². The van der Waals surface area contributed by atoms with E-state index in [1.807, 2.05) is 6.07 Å². The Morgan fingerprint density at radius 1 is 1.40 bits per heavy atom. The number of nitrogens with one attached hydrogen (secondary N) is 1. The number of carbonyl (C=O) groups is 1. The van der Waals surface area contributed by atoms with Crippen LogP contribution in [0.15, 0.2) is 40.3 Å². The van der Waals surface area contributed by atoms with Crippen molar-refractivity contribution in [2.45, 2.75) is 12.1 Å². The third kappa shape index (κ3) is 3.48. The number of carbonyl (C=O) groups excluding carboxylic acids is 1. The van der Waals surface area contributed by atoms with Crippen LogP contribution < -0.4 is 10.3 Å². The molecule has 0 amide bonds. The summed E-state index contributed by atoms with van der Waals surface area (Å²) in [7, 11) is 1.53. The summed E-state index contributed by atoms with van der Waals surface area (Å²) in [6.07, 6.45) is 0. The fourth-order valence-corrected chi connectivity index (χ4v) is 2.51. The maximum absolute atomic E-state index is 12.1. The number of nitrogens with zero attached hydrogens (tertiary/aromatic N) is 1. The van der Waals surface area contributed by atoms with E-state index in [0.29, 0.717) is 22.2 Å². The molecular formula is C14H14N2O3S. The molecule has 1 heterocycles. The topological polar surface area (TPSA) is 72.0 Å². The number of hydrogen-bond donors (Lipinski definition) is 1. The molecule has 0 unspecified atom stereocenters. The summed E-state index contributed by atoms with van der Waals surface area (Å²) in [5.74, 6) is 0.660. The van der Waals surface area contributed by atoms with Gasteiger partial charge in [0.15, 0.2) is 10.9 Å². The Bertz CT molecular complexity index is 682. The average molecular weight is 290 g/mol. The molecule has 20 heavy (non-hydrogen) atoms. The highest BCUT2D eigenvalue weighted by atomic mass is 32.2. The highest BCUT2D eigenvalue weighted by molar-refractivity contribution is 7.99. The molecule has 1 aromatic carbocycles. The van der Waals surface area contributed by atoms with Crippen LogP contribution >= 0.6 is 11.8 Å². The lowest BCUT2D eigenvalue weighted by Gasteiger charge is -2.06. The second-order valence-corrected chi connectivity index (χ2v) is 5.07. The Hall–Kier alpha value is -2.08. The first-order valence-corrected chi connectivity index (χ1v) is 6.95. The molecule has 1 N–H and O–H groups in total. The van der Waals surface area contributed by atoms with Gasteiger partial charge in [-0.1, -0.05) is 23.9 Å². The van der Waals surface area contributed by atoms with Crippen molar-refractivity contribution in [2.24, 2.45) is 0 Å². The van der Waals surface area contributed by atoms with Crippen LogP contribution in [-0.4, -0.2) is 28.6 Å². The molecule has 0 aliphatic carbocycles. The SMILES string of the molecule is COc1ccccc1C(=O)CSc1nc(C)cc(=O)[nH]1. The first-order valence-electron chi connectivity index (χ1n) is 5.97. The van der Waals surface area contributed by atoms with Crippen molar-refractivity contribution in [3.8, 4) is 5.75 Å². The zero-order valence-electron chi connectivity index (χ0n) is 11.2. The number of thioether (sulfide) groups is 1. The molecule has 5 nitrogen and oxygen atoms in total. The summed E-state index contributed by atoms with van der Waals surface area (Å²) in [6.45, 7) is 1.74. The molecule has 2 aromatic rings. The van der Waals surface area contributed by atoms with Crippen LogP contribution in [0.25, 0.3) is 0 Å². The van der Waals surface area contributed by atoms with Crippen LogP contribution in [0.1, 0.15) is 16.1 Å². The number of aromatic nitrogens is 2. The van der Waals surface area contributed by atoms with Crippen molar-refractivity contribution in [1.29, 1.82) is 0 Å². The molecule has 0 aliphatic heterocycles. The minimum Gasteiger partial charge on any atom is -0.496 e. The summed E-state index contributed by atoms with van der Waals surface area (Å²) >= 11 is 1.20. The van der Waals surface area contributed by atoms with E-state index in [9.17, 15) is 9.59 Å². The molecule has 0 fully saturated rings. The van der Waals surface area contributed by atoms with E-state index in [1.165, 1.54) is 24.9 Å². The number of hydrogen-bond acceptors (Lipinski definition) is 5. The minimum absolute atomic E-state index is 0.0726. The minimum atomic E-state index is -0.218. The number of aryl methyl sites for hydroxylation is 1. The number of Topliss-reactive ketones (excluding diaryl/α,β-unsaturated/α-hetero) is 1. The molecule has 104 valence electrons. The van der Waals surface area contributed by atoms with Crippen LogP contribution in [0.2, 0.25) is 0 Å². The zero-order valence-corrected chi connectivity index (χ0v) is 12.0. The van der Waals surface area contributed by atoms with Gasteiger partial charge in [0.05, 0.1) is 18.4 Å². The molecular weight excluding hydrogens is 276 g/mol. The van der Waals surface area contributed by atoms with Crippen LogP contribution in [-0.2, 0) is 0 Å². The monoisotopic (exact) mass is 290 g/mol. The lowest BCUT2D eigenvalue weighted by Crippen LogP contribution is -2.10. The second-order valence-electron chi connectivity index (χ2n) is 4.10. The summed E-state index contributed by atoms with van der Waals surface area (Å²) in [5.41, 5.74) is 0.934. The average Bonchev–Trinajstić information content (AvgIpc) is 2.43. The van der Waals surface area contributed by atoms with Gasteiger partial charge in [-0.3, -0.25) is 9.59 Å². The van der Waals surface area contributed by atoms with Gasteiger partial charge in [-0.15, -0.1) is 0 Å². The molecule has 1 aromatic heterocycles. The molecule has 0 spiro atoms. The van der Waals surface area contributed by atoms with Crippen molar-refractivity contribution >= 4 is 17.5 Å². The van der Waals surface area contributed by atoms with E-state index < -0.39 is 0 Å². The van der Waals surface area contributed by atoms with Gasteiger partial charge in [-0.05, 0) is 19.1 Å². The molecule has 6 heteroatoms. The molecule has 0 aliphatic rings. The lowest BCUT2D eigenvalue weighted by atomic mass is 10.1. The molecule has 0 bridgehead atoms. The number of rotatable bonds is 5. The van der Waals surface area contributed by atoms with Crippen molar-refractivity contribution in [3.05, 3.63) is 51.9 Å². The summed E-state index contributed by atoms with van der Waals surface area (Å²) in [5, 5.41) is 0.443. The molecule has 2 rings (SSSR count). The summed E-state index contributed by atoms with van der Waals surface area (Å²) < 4.78 is 5.15. The predicted molar refractivity (Wildman–Crippen MR) is 77.6 cm³/mol. The Kier molecular flexibility index (Phi) is 4.57. The first kappa shape index (κ1) is 14.3. The first-order chi connectivity index (χ1) is 9.60. The number of H-pyrrole nitrogens is 1.